The summed E-state index contributed by atoms with van der Waals surface area (Å²) >= 11 is 0. The summed E-state index contributed by atoms with van der Waals surface area (Å²) in [5.41, 5.74) is 0.737. The van der Waals surface area contributed by atoms with Gasteiger partial charge in [0, 0.05) is 12.7 Å². The van der Waals surface area contributed by atoms with Gasteiger partial charge in [0.2, 0.25) is 0 Å². The Bertz CT molecular complexity index is 396. The third kappa shape index (κ3) is 6.44. The van der Waals surface area contributed by atoms with Crippen LogP contribution in [0.5, 0.6) is 5.75 Å². The van der Waals surface area contributed by atoms with Gasteiger partial charge in [0.05, 0.1) is 25.4 Å². The van der Waals surface area contributed by atoms with Crippen LogP contribution in [0.25, 0.3) is 0 Å². The maximum Gasteiger partial charge on any atom is 0.125 e. The zero-order chi connectivity index (χ0) is 15.7. The molecule has 0 aliphatic heterocycles. The first-order chi connectivity index (χ1) is 10.1. The molecule has 2 N–H and O–H groups in total. The topological polar surface area (TPSA) is 68.2 Å². The number of hydrogen-bond donors (Lipinski definition) is 2. The molecule has 0 aromatic heterocycles. The average Bonchev–Trinajstić information content (AvgIpc) is 2.50. The van der Waals surface area contributed by atoms with Crippen LogP contribution in [0.3, 0.4) is 0 Å². The van der Waals surface area contributed by atoms with E-state index in [0.717, 1.165) is 5.56 Å². The Morgan fingerprint density at radius 1 is 1.10 bits per heavy atom. The van der Waals surface area contributed by atoms with Crippen LogP contribution in [0.1, 0.15) is 31.9 Å². The van der Waals surface area contributed by atoms with E-state index >= 15 is 0 Å². The quantitative estimate of drug-likeness (QED) is 0.691. The van der Waals surface area contributed by atoms with Gasteiger partial charge in [0.15, 0.2) is 0 Å². The van der Waals surface area contributed by atoms with E-state index < -0.39 is 12.2 Å². The first-order valence-corrected chi connectivity index (χ1v) is 7.26. The zero-order valence-corrected chi connectivity index (χ0v) is 13.0. The van der Waals surface area contributed by atoms with Crippen LogP contribution in [-0.4, -0.2) is 49.4 Å². The fraction of sp³-hybridized carbons (Fsp3) is 0.625. The average molecular weight is 298 g/mol. The number of aliphatic hydroxyl groups excluding tert-OH is 2. The Morgan fingerprint density at radius 3 is 2.48 bits per heavy atom. The third-order valence-electron chi connectivity index (χ3n) is 3.07. The maximum absolute atomic E-state index is 9.93. The lowest BCUT2D eigenvalue weighted by Crippen LogP contribution is -2.27. The van der Waals surface area contributed by atoms with Gasteiger partial charge in [-0.05, 0) is 19.4 Å². The zero-order valence-electron chi connectivity index (χ0n) is 13.0. The van der Waals surface area contributed by atoms with Crippen molar-refractivity contribution in [3.63, 3.8) is 0 Å². The minimum absolute atomic E-state index is 0.0705. The Balaban J connectivity index is 2.44. The van der Waals surface area contributed by atoms with Crippen molar-refractivity contribution >= 4 is 0 Å². The molecule has 0 saturated carbocycles. The maximum atomic E-state index is 9.93. The highest BCUT2D eigenvalue weighted by molar-refractivity contribution is 5.35. The van der Waals surface area contributed by atoms with Crippen LogP contribution in [0.2, 0.25) is 0 Å². The van der Waals surface area contributed by atoms with Gasteiger partial charge in [0.25, 0.3) is 0 Å². The van der Waals surface area contributed by atoms with Crippen molar-refractivity contribution in [3.05, 3.63) is 29.8 Å². The van der Waals surface area contributed by atoms with Crippen molar-refractivity contribution in [2.75, 3.05) is 26.9 Å². The SMILES string of the molecule is CC[C@H](O)c1ccccc1OCC(O)COC(C)COC. The normalized spacial score (nSPS) is 15.5. The van der Waals surface area contributed by atoms with Crippen LogP contribution in [-0.2, 0) is 9.47 Å². The molecule has 0 fully saturated rings. The molecule has 1 rings (SSSR count). The molecule has 1 aromatic rings. The Labute approximate surface area is 126 Å². The molecule has 21 heavy (non-hydrogen) atoms. The molecule has 0 bridgehead atoms. The van der Waals surface area contributed by atoms with E-state index in [2.05, 4.69) is 0 Å². The standard InChI is InChI=1S/C16H26O5/c1-4-15(18)14-7-5-6-8-16(14)21-11-13(17)10-20-12(2)9-19-3/h5-8,12-13,15,17-18H,4,9-11H2,1-3H3/t12?,13?,15-/m0/s1. The molecule has 0 saturated heterocycles. The minimum Gasteiger partial charge on any atom is -0.490 e. The Morgan fingerprint density at radius 2 is 1.81 bits per heavy atom. The molecular weight excluding hydrogens is 272 g/mol. The Kier molecular flexibility index (Phi) is 8.30. The molecule has 0 aliphatic carbocycles. The summed E-state index contributed by atoms with van der Waals surface area (Å²) in [5, 5.41) is 19.8. The van der Waals surface area contributed by atoms with Crippen molar-refractivity contribution in [2.45, 2.75) is 38.6 Å². The number of hydrogen-bond acceptors (Lipinski definition) is 5. The van der Waals surface area contributed by atoms with E-state index in [1.165, 1.54) is 0 Å². The molecule has 1 aromatic carbocycles. The number of aliphatic hydroxyl groups is 2. The monoisotopic (exact) mass is 298 g/mol. The highest BCUT2D eigenvalue weighted by atomic mass is 16.5. The van der Waals surface area contributed by atoms with E-state index in [4.69, 9.17) is 14.2 Å². The highest BCUT2D eigenvalue weighted by Gasteiger charge is 2.13. The lowest BCUT2D eigenvalue weighted by atomic mass is 10.1. The van der Waals surface area contributed by atoms with Crippen molar-refractivity contribution in [1.29, 1.82) is 0 Å². The molecule has 3 atom stereocenters. The second kappa shape index (κ2) is 9.73. The minimum atomic E-state index is -0.726. The molecular formula is C16H26O5. The number of rotatable bonds is 10. The molecule has 5 heteroatoms. The van der Waals surface area contributed by atoms with Crippen molar-refractivity contribution in [2.24, 2.45) is 0 Å². The lowest BCUT2D eigenvalue weighted by molar-refractivity contribution is -0.0425. The summed E-state index contributed by atoms with van der Waals surface area (Å²) in [6, 6.07) is 7.31. The predicted octanol–water partition coefficient (Wildman–Crippen LogP) is 1.92. The van der Waals surface area contributed by atoms with Gasteiger partial charge in [-0.25, -0.2) is 0 Å². The summed E-state index contributed by atoms with van der Waals surface area (Å²) in [5.74, 6) is 0.593. The van der Waals surface area contributed by atoms with Crippen LogP contribution < -0.4 is 4.74 Å². The molecule has 0 radical (unpaired) electrons. The number of benzene rings is 1. The highest BCUT2D eigenvalue weighted by Crippen LogP contribution is 2.26. The second-order valence-electron chi connectivity index (χ2n) is 5.03. The summed E-state index contributed by atoms with van der Waals surface area (Å²) in [6.45, 7) is 4.57. The van der Waals surface area contributed by atoms with Crippen molar-refractivity contribution < 1.29 is 24.4 Å². The van der Waals surface area contributed by atoms with Crippen LogP contribution in [0.4, 0.5) is 0 Å². The van der Waals surface area contributed by atoms with Crippen LogP contribution >= 0.6 is 0 Å². The van der Waals surface area contributed by atoms with Gasteiger partial charge in [-0.3, -0.25) is 0 Å². The van der Waals surface area contributed by atoms with E-state index in [1.807, 2.05) is 32.0 Å². The number of methoxy groups -OCH3 is 1. The first-order valence-electron chi connectivity index (χ1n) is 7.26. The third-order valence-corrected chi connectivity index (χ3v) is 3.07. The molecule has 0 heterocycles. The molecule has 5 nitrogen and oxygen atoms in total. The van der Waals surface area contributed by atoms with Gasteiger partial charge in [0.1, 0.15) is 18.5 Å². The lowest BCUT2D eigenvalue weighted by Gasteiger charge is -2.18. The summed E-state index contributed by atoms with van der Waals surface area (Å²) in [6.07, 6.45) is -0.744. The van der Waals surface area contributed by atoms with Crippen molar-refractivity contribution in [3.8, 4) is 5.75 Å². The van der Waals surface area contributed by atoms with E-state index in [-0.39, 0.29) is 19.3 Å². The fourth-order valence-electron chi connectivity index (χ4n) is 1.90. The van der Waals surface area contributed by atoms with Crippen LogP contribution in [0, 0.1) is 0 Å². The smallest absolute Gasteiger partial charge is 0.125 e. The molecule has 120 valence electrons. The first kappa shape index (κ1) is 17.9. The summed E-state index contributed by atoms with van der Waals surface area (Å²) in [7, 11) is 1.61. The Hall–Kier alpha value is -1.14. The summed E-state index contributed by atoms with van der Waals surface area (Å²) < 4.78 is 16.0. The molecule has 0 spiro atoms. The second-order valence-corrected chi connectivity index (χ2v) is 5.03. The molecule has 2 unspecified atom stereocenters. The van der Waals surface area contributed by atoms with Gasteiger partial charge in [-0.1, -0.05) is 25.1 Å². The van der Waals surface area contributed by atoms with Gasteiger partial charge < -0.3 is 24.4 Å². The van der Waals surface area contributed by atoms with Crippen LogP contribution in [0.15, 0.2) is 24.3 Å². The van der Waals surface area contributed by atoms with Gasteiger partial charge in [-0.2, -0.15) is 0 Å². The van der Waals surface area contributed by atoms with E-state index in [1.54, 1.807) is 13.2 Å². The molecule has 0 aliphatic rings. The van der Waals surface area contributed by atoms with Gasteiger partial charge in [-0.15, -0.1) is 0 Å². The van der Waals surface area contributed by atoms with E-state index in [9.17, 15) is 10.2 Å². The fourth-order valence-corrected chi connectivity index (χ4v) is 1.90. The van der Waals surface area contributed by atoms with Gasteiger partial charge >= 0.3 is 0 Å². The number of para-hydroxylation sites is 1. The predicted molar refractivity (Wildman–Crippen MR) is 80.5 cm³/mol. The van der Waals surface area contributed by atoms with Crippen molar-refractivity contribution in [1.82, 2.24) is 0 Å². The largest absolute Gasteiger partial charge is 0.490 e. The molecule has 0 amide bonds. The summed E-state index contributed by atoms with van der Waals surface area (Å²) in [4.78, 5) is 0. The van der Waals surface area contributed by atoms with E-state index in [0.29, 0.717) is 18.8 Å². The number of ether oxygens (including phenoxy) is 3.